The number of fused-ring (bicyclic) bond motifs is 1. The number of phenols is 7. The summed E-state index contributed by atoms with van der Waals surface area (Å²) < 4.78 is 5.92. The second-order valence-corrected chi connectivity index (χ2v) is 7.38. The number of rotatable bonds is 3. The first-order valence-corrected chi connectivity index (χ1v) is 9.43. The van der Waals surface area contributed by atoms with Gasteiger partial charge in [-0.1, -0.05) is 6.07 Å². The maximum absolute atomic E-state index is 12.8. The van der Waals surface area contributed by atoms with Crippen LogP contribution in [0.1, 0.15) is 27.6 Å². The molecule has 8 N–H and O–H groups in total. The van der Waals surface area contributed by atoms with Crippen LogP contribution < -0.4 is 10.1 Å². The smallest absolute Gasteiger partial charge is 0.251 e. The van der Waals surface area contributed by atoms with Crippen LogP contribution in [-0.4, -0.2) is 47.7 Å². The van der Waals surface area contributed by atoms with Crippen LogP contribution in [0.3, 0.4) is 0 Å². The molecule has 0 saturated heterocycles. The zero-order valence-electron chi connectivity index (χ0n) is 16.4. The quantitative estimate of drug-likeness (QED) is 0.282. The molecule has 1 aliphatic rings. The summed E-state index contributed by atoms with van der Waals surface area (Å²) in [6.45, 7) is 0. The third kappa shape index (κ3) is 3.69. The minimum Gasteiger partial charge on any atom is -0.508 e. The normalized spacial score (nSPS) is 17.2. The number of benzene rings is 3. The summed E-state index contributed by atoms with van der Waals surface area (Å²) in [7, 11) is 0. The van der Waals surface area contributed by atoms with Crippen molar-refractivity contribution in [2.24, 2.45) is 0 Å². The monoisotopic (exact) mass is 441 g/mol. The Labute approximate surface area is 180 Å². The van der Waals surface area contributed by atoms with E-state index in [9.17, 15) is 40.5 Å². The van der Waals surface area contributed by atoms with Crippen molar-refractivity contribution in [3.8, 4) is 46.0 Å². The number of nitrogens with one attached hydrogen (secondary N) is 1. The van der Waals surface area contributed by atoms with Gasteiger partial charge in [0.05, 0.1) is 6.04 Å². The van der Waals surface area contributed by atoms with E-state index in [-0.39, 0.29) is 35.0 Å². The Kier molecular flexibility index (Phi) is 4.97. The topological polar surface area (TPSA) is 180 Å². The number of ether oxygens (including phenoxy) is 1. The van der Waals surface area contributed by atoms with Crippen molar-refractivity contribution in [3.63, 3.8) is 0 Å². The molecule has 166 valence electrons. The Morgan fingerprint density at radius 3 is 2.16 bits per heavy atom. The fourth-order valence-corrected chi connectivity index (χ4v) is 3.60. The fraction of sp³-hybridized carbons (Fsp3) is 0.136. The van der Waals surface area contributed by atoms with E-state index < -0.39 is 41.1 Å². The number of aromatic hydroxyl groups is 7. The van der Waals surface area contributed by atoms with Gasteiger partial charge in [-0.15, -0.1) is 0 Å². The van der Waals surface area contributed by atoms with Crippen LogP contribution in [0, 0.1) is 0 Å². The lowest BCUT2D eigenvalue weighted by Crippen LogP contribution is -2.45. The van der Waals surface area contributed by atoms with Gasteiger partial charge in [-0.3, -0.25) is 4.79 Å². The maximum atomic E-state index is 12.8. The third-order valence-electron chi connectivity index (χ3n) is 5.19. The Hall–Kier alpha value is -4.47. The number of carbonyl (C=O) groups is 1. The lowest BCUT2D eigenvalue weighted by atomic mass is 9.91. The van der Waals surface area contributed by atoms with E-state index in [0.29, 0.717) is 11.1 Å². The fourth-order valence-electron chi connectivity index (χ4n) is 3.60. The van der Waals surface area contributed by atoms with Gasteiger partial charge in [-0.2, -0.15) is 0 Å². The van der Waals surface area contributed by atoms with Gasteiger partial charge < -0.3 is 45.8 Å². The zero-order chi connectivity index (χ0) is 23.2. The van der Waals surface area contributed by atoms with Crippen molar-refractivity contribution in [3.05, 3.63) is 59.2 Å². The van der Waals surface area contributed by atoms with Gasteiger partial charge in [0.1, 0.15) is 23.4 Å². The summed E-state index contributed by atoms with van der Waals surface area (Å²) in [4.78, 5) is 12.8. The Morgan fingerprint density at radius 1 is 0.812 bits per heavy atom. The molecule has 10 nitrogen and oxygen atoms in total. The molecule has 1 aliphatic heterocycles. The minimum atomic E-state index is -0.904. The molecular weight excluding hydrogens is 422 g/mol. The van der Waals surface area contributed by atoms with E-state index in [1.165, 1.54) is 24.3 Å². The van der Waals surface area contributed by atoms with Gasteiger partial charge in [-0.05, 0) is 29.8 Å². The van der Waals surface area contributed by atoms with E-state index in [1.807, 2.05) is 0 Å². The van der Waals surface area contributed by atoms with Gasteiger partial charge >= 0.3 is 0 Å². The molecule has 1 heterocycles. The van der Waals surface area contributed by atoms with Crippen molar-refractivity contribution in [1.29, 1.82) is 0 Å². The van der Waals surface area contributed by atoms with E-state index in [0.717, 1.165) is 18.2 Å². The first-order valence-electron chi connectivity index (χ1n) is 9.43. The third-order valence-corrected chi connectivity index (χ3v) is 5.19. The van der Waals surface area contributed by atoms with E-state index in [4.69, 9.17) is 4.74 Å². The molecule has 0 bridgehead atoms. The molecular formula is C22H19NO9. The van der Waals surface area contributed by atoms with Crippen LogP contribution in [-0.2, 0) is 6.42 Å². The van der Waals surface area contributed by atoms with Crippen molar-refractivity contribution < 1.29 is 45.3 Å². The van der Waals surface area contributed by atoms with Crippen LogP contribution >= 0.6 is 0 Å². The van der Waals surface area contributed by atoms with Gasteiger partial charge in [0, 0.05) is 29.7 Å². The zero-order valence-corrected chi connectivity index (χ0v) is 16.4. The molecule has 0 saturated carbocycles. The lowest BCUT2D eigenvalue weighted by Gasteiger charge is -2.35. The summed E-state index contributed by atoms with van der Waals surface area (Å²) in [5.74, 6) is -3.92. The van der Waals surface area contributed by atoms with Gasteiger partial charge in [0.2, 0.25) is 0 Å². The maximum Gasteiger partial charge on any atom is 0.251 e. The second-order valence-electron chi connectivity index (χ2n) is 7.38. The highest BCUT2D eigenvalue weighted by atomic mass is 16.5. The first kappa shape index (κ1) is 20.8. The molecule has 4 rings (SSSR count). The van der Waals surface area contributed by atoms with E-state index in [1.54, 1.807) is 0 Å². The standard InChI is InChI=1S/C22H19NO9/c24-11-6-15(26)12-8-13(23-22(31)10-4-17(28)20(30)18(29)5-10)21(32-19(12)7-11)9-1-2-14(25)16(27)3-9/h1-7,13,21,24-30H,8H2,(H,23,31)/t13?,21-/m1/s1. The molecule has 1 unspecified atom stereocenters. The van der Waals surface area contributed by atoms with Crippen molar-refractivity contribution in [2.75, 3.05) is 0 Å². The van der Waals surface area contributed by atoms with Crippen molar-refractivity contribution in [2.45, 2.75) is 18.6 Å². The highest BCUT2D eigenvalue weighted by molar-refractivity contribution is 5.95. The second kappa shape index (κ2) is 7.65. The predicted molar refractivity (Wildman–Crippen MR) is 109 cm³/mol. The van der Waals surface area contributed by atoms with Gasteiger partial charge in [0.15, 0.2) is 28.7 Å². The van der Waals surface area contributed by atoms with Gasteiger partial charge in [-0.25, -0.2) is 0 Å². The Balaban J connectivity index is 1.72. The van der Waals surface area contributed by atoms with E-state index >= 15 is 0 Å². The first-order chi connectivity index (χ1) is 15.1. The average Bonchev–Trinajstić information content (AvgIpc) is 2.73. The minimum absolute atomic E-state index is 0.0650. The summed E-state index contributed by atoms with van der Waals surface area (Å²) in [5, 5.41) is 71.1. The molecule has 10 heteroatoms. The highest BCUT2D eigenvalue weighted by Crippen LogP contribution is 2.43. The SMILES string of the molecule is O=C(NC1Cc2c(O)cc(O)cc2O[C@@H]1c1ccc(O)c(O)c1)c1cc(O)c(O)c(O)c1. The summed E-state index contributed by atoms with van der Waals surface area (Å²) in [6.07, 6.45) is -0.839. The molecule has 2 atom stereocenters. The number of phenolic OH excluding ortho intramolecular Hbond substituents is 7. The molecule has 0 aliphatic carbocycles. The molecule has 0 aromatic heterocycles. The van der Waals surface area contributed by atoms with E-state index in [2.05, 4.69) is 5.32 Å². The average molecular weight is 441 g/mol. The predicted octanol–water partition coefficient (Wildman–Crippen LogP) is 2.10. The Morgan fingerprint density at radius 2 is 1.50 bits per heavy atom. The van der Waals surface area contributed by atoms with Crippen LogP contribution in [0.2, 0.25) is 0 Å². The molecule has 32 heavy (non-hydrogen) atoms. The summed E-state index contributed by atoms with van der Waals surface area (Å²) in [5.41, 5.74) is 0.560. The summed E-state index contributed by atoms with van der Waals surface area (Å²) in [6, 6.07) is 7.54. The largest absolute Gasteiger partial charge is 0.508 e. The highest BCUT2D eigenvalue weighted by Gasteiger charge is 2.35. The number of hydrogen-bond acceptors (Lipinski definition) is 9. The van der Waals surface area contributed by atoms with Crippen molar-refractivity contribution >= 4 is 5.91 Å². The Bertz CT molecular complexity index is 1200. The lowest BCUT2D eigenvalue weighted by molar-refractivity contribution is 0.0836. The molecule has 1 amide bonds. The summed E-state index contributed by atoms with van der Waals surface area (Å²) >= 11 is 0. The number of carbonyl (C=O) groups excluding carboxylic acids is 1. The van der Waals surface area contributed by atoms with Gasteiger partial charge in [0.25, 0.3) is 5.91 Å². The number of hydrogen-bond donors (Lipinski definition) is 8. The number of amides is 1. The van der Waals surface area contributed by atoms with Crippen LogP contribution in [0.15, 0.2) is 42.5 Å². The molecule has 0 spiro atoms. The molecule has 3 aromatic carbocycles. The molecule has 0 radical (unpaired) electrons. The van der Waals surface area contributed by atoms with Crippen LogP contribution in [0.5, 0.6) is 46.0 Å². The molecule has 0 fully saturated rings. The molecule has 3 aromatic rings. The van der Waals surface area contributed by atoms with Crippen LogP contribution in [0.25, 0.3) is 0 Å². The van der Waals surface area contributed by atoms with Crippen LogP contribution in [0.4, 0.5) is 0 Å². The van der Waals surface area contributed by atoms with Crippen molar-refractivity contribution in [1.82, 2.24) is 5.32 Å².